The molecule has 2 heteroatoms. The fourth-order valence-corrected chi connectivity index (χ4v) is 2.33. The first-order chi connectivity index (χ1) is 7.56. The third-order valence-corrected chi connectivity index (χ3v) is 3.27. The van der Waals surface area contributed by atoms with Gasteiger partial charge in [-0.1, -0.05) is 30.3 Å². The minimum absolute atomic E-state index is 0.160. The second-order valence-corrected chi connectivity index (χ2v) is 4.62. The summed E-state index contributed by atoms with van der Waals surface area (Å²) in [7, 11) is 0. The molecule has 0 aromatic heterocycles. The summed E-state index contributed by atoms with van der Waals surface area (Å²) in [6.07, 6.45) is 3.58. The zero-order valence-electron chi connectivity index (χ0n) is 9.97. The number of carbonyl (C=O) groups excluding carboxylic acids is 1. The molecule has 1 aromatic rings. The van der Waals surface area contributed by atoms with Gasteiger partial charge in [0.2, 0.25) is 0 Å². The van der Waals surface area contributed by atoms with Crippen LogP contribution in [-0.4, -0.2) is 16.7 Å². The van der Waals surface area contributed by atoms with Crippen molar-refractivity contribution in [2.24, 2.45) is 0 Å². The predicted molar refractivity (Wildman–Crippen MR) is 64.9 cm³/mol. The van der Waals surface area contributed by atoms with Gasteiger partial charge in [0, 0.05) is 12.2 Å². The first-order valence-corrected chi connectivity index (χ1v) is 5.63. The van der Waals surface area contributed by atoms with Crippen molar-refractivity contribution in [3.05, 3.63) is 48.2 Å². The maximum atomic E-state index is 12.1. The monoisotopic (exact) mass is 215 g/mol. The number of hydrogen-bond donors (Lipinski definition) is 0. The number of hydrogen-bond acceptors (Lipinski definition) is 2. The minimum atomic E-state index is -0.532. The molecule has 0 bridgehead atoms. The van der Waals surface area contributed by atoms with Crippen LogP contribution < -0.4 is 0 Å². The molecule has 0 amide bonds. The van der Waals surface area contributed by atoms with E-state index in [4.69, 9.17) is 0 Å². The van der Waals surface area contributed by atoms with Crippen molar-refractivity contribution < 1.29 is 4.79 Å². The van der Waals surface area contributed by atoms with Crippen LogP contribution in [0.1, 0.15) is 26.3 Å². The van der Waals surface area contributed by atoms with Gasteiger partial charge in [0.05, 0.1) is 0 Å². The second-order valence-electron chi connectivity index (χ2n) is 4.62. The van der Waals surface area contributed by atoms with Crippen molar-refractivity contribution in [2.75, 3.05) is 0 Å². The molecule has 1 aromatic carbocycles. The highest BCUT2D eigenvalue weighted by molar-refractivity contribution is 6.00. The zero-order chi connectivity index (χ0) is 11.8. The average molecular weight is 215 g/mol. The lowest BCUT2D eigenvalue weighted by atomic mass is 9.87. The van der Waals surface area contributed by atoms with E-state index >= 15 is 0 Å². The maximum absolute atomic E-state index is 12.1. The molecule has 0 radical (unpaired) electrons. The molecule has 1 unspecified atom stereocenters. The largest absolute Gasteiger partial charge is 0.359 e. The highest BCUT2D eigenvalue weighted by Gasteiger charge is 2.42. The molecule has 1 atom stereocenters. The van der Waals surface area contributed by atoms with Crippen LogP contribution in [0, 0.1) is 0 Å². The molecule has 1 aliphatic heterocycles. The number of nitrogens with zero attached hydrogens (tertiary/aromatic N) is 1. The van der Waals surface area contributed by atoms with Crippen LogP contribution >= 0.6 is 0 Å². The van der Waals surface area contributed by atoms with E-state index < -0.39 is 5.54 Å². The van der Waals surface area contributed by atoms with Crippen LogP contribution in [0.25, 0.3) is 0 Å². The standard InChI is InChI=1S/C14H17NO/c1-11(2)15-10-9-13(16)14(15,3)12-7-5-4-6-8-12/h4-11H,1-3H3. The third-order valence-electron chi connectivity index (χ3n) is 3.27. The van der Waals surface area contributed by atoms with Crippen molar-refractivity contribution in [3.63, 3.8) is 0 Å². The van der Waals surface area contributed by atoms with Gasteiger partial charge in [0.15, 0.2) is 5.78 Å². The molecule has 2 rings (SSSR count). The zero-order valence-corrected chi connectivity index (χ0v) is 9.97. The van der Waals surface area contributed by atoms with E-state index in [1.54, 1.807) is 6.08 Å². The van der Waals surface area contributed by atoms with Crippen molar-refractivity contribution in [3.8, 4) is 0 Å². The van der Waals surface area contributed by atoms with E-state index in [1.807, 2.05) is 43.5 Å². The summed E-state index contributed by atoms with van der Waals surface area (Å²) in [5.74, 6) is 0.160. The molecule has 0 saturated heterocycles. The Labute approximate surface area is 96.6 Å². The van der Waals surface area contributed by atoms with E-state index in [0.717, 1.165) is 5.56 Å². The molecule has 1 aliphatic rings. The molecule has 0 spiro atoms. The molecule has 1 heterocycles. The van der Waals surface area contributed by atoms with Crippen molar-refractivity contribution in [1.29, 1.82) is 0 Å². The van der Waals surface area contributed by atoms with E-state index in [2.05, 4.69) is 18.7 Å². The van der Waals surface area contributed by atoms with Gasteiger partial charge in [-0.3, -0.25) is 4.79 Å². The van der Waals surface area contributed by atoms with Crippen LogP contribution in [0.4, 0.5) is 0 Å². The van der Waals surface area contributed by atoms with Gasteiger partial charge in [-0.05, 0) is 32.4 Å². The summed E-state index contributed by atoms with van der Waals surface area (Å²) in [5.41, 5.74) is 0.522. The first-order valence-electron chi connectivity index (χ1n) is 5.63. The summed E-state index contributed by atoms with van der Waals surface area (Å²) in [6.45, 7) is 6.19. The fourth-order valence-electron chi connectivity index (χ4n) is 2.33. The number of carbonyl (C=O) groups is 1. The van der Waals surface area contributed by atoms with E-state index in [-0.39, 0.29) is 5.78 Å². The predicted octanol–water partition coefficient (Wildman–Crippen LogP) is 2.71. The Morgan fingerprint density at radius 3 is 2.38 bits per heavy atom. The van der Waals surface area contributed by atoms with Crippen molar-refractivity contribution in [2.45, 2.75) is 32.4 Å². The summed E-state index contributed by atoms with van der Waals surface area (Å²) < 4.78 is 0. The molecule has 0 N–H and O–H groups in total. The van der Waals surface area contributed by atoms with Gasteiger partial charge in [-0.15, -0.1) is 0 Å². The van der Waals surface area contributed by atoms with Gasteiger partial charge < -0.3 is 4.90 Å². The Balaban J connectivity index is 2.47. The molecule has 0 aliphatic carbocycles. The first kappa shape index (κ1) is 10.9. The molecule has 0 fully saturated rings. The van der Waals surface area contributed by atoms with Crippen LogP contribution in [0.5, 0.6) is 0 Å². The summed E-state index contributed by atoms with van der Waals surface area (Å²) in [5, 5.41) is 0. The normalized spacial score (nSPS) is 24.5. The molecule has 2 nitrogen and oxygen atoms in total. The summed E-state index contributed by atoms with van der Waals surface area (Å²) in [6, 6.07) is 10.3. The average Bonchev–Trinajstić information content (AvgIpc) is 2.58. The Morgan fingerprint density at radius 1 is 1.19 bits per heavy atom. The Bertz CT molecular complexity index is 422. The third kappa shape index (κ3) is 1.45. The van der Waals surface area contributed by atoms with Crippen LogP contribution in [0.15, 0.2) is 42.6 Å². The Morgan fingerprint density at radius 2 is 1.81 bits per heavy atom. The van der Waals surface area contributed by atoms with Crippen LogP contribution in [-0.2, 0) is 10.3 Å². The maximum Gasteiger partial charge on any atom is 0.186 e. The lowest BCUT2D eigenvalue weighted by Gasteiger charge is -2.38. The Hall–Kier alpha value is -1.57. The highest BCUT2D eigenvalue weighted by Crippen LogP contribution is 2.35. The number of ketones is 1. The van der Waals surface area contributed by atoms with Gasteiger partial charge >= 0.3 is 0 Å². The smallest absolute Gasteiger partial charge is 0.186 e. The highest BCUT2D eigenvalue weighted by atomic mass is 16.1. The Kier molecular flexibility index (Phi) is 2.58. The SMILES string of the molecule is CC(C)N1C=CC(=O)C1(C)c1ccccc1. The van der Waals surface area contributed by atoms with Crippen LogP contribution in [0.3, 0.4) is 0 Å². The second kappa shape index (κ2) is 3.78. The topological polar surface area (TPSA) is 20.3 Å². The molecular formula is C14H17NO. The lowest BCUT2D eigenvalue weighted by molar-refractivity contribution is -0.123. The van der Waals surface area contributed by atoms with E-state index in [1.165, 1.54) is 0 Å². The summed E-state index contributed by atoms with van der Waals surface area (Å²) >= 11 is 0. The number of rotatable bonds is 2. The quantitative estimate of drug-likeness (QED) is 0.756. The van der Waals surface area contributed by atoms with Gasteiger partial charge in [0.25, 0.3) is 0 Å². The molecule has 0 saturated carbocycles. The summed E-state index contributed by atoms with van der Waals surface area (Å²) in [4.78, 5) is 14.2. The van der Waals surface area contributed by atoms with Gasteiger partial charge in [-0.2, -0.15) is 0 Å². The van der Waals surface area contributed by atoms with Crippen LogP contribution in [0.2, 0.25) is 0 Å². The fraction of sp³-hybridized carbons (Fsp3) is 0.357. The van der Waals surface area contributed by atoms with E-state index in [0.29, 0.717) is 6.04 Å². The lowest BCUT2D eigenvalue weighted by Crippen LogP contribution is -2.45. The van der Waals surface area contributed by atoms with Crippen molar-refractivity contribution >= 4 is 5.78 Å². The van der Waals surface area contributed by atoms with Crippen molar-refractivity contribution in [1.82, 2.24) is 4.90 Å². The molecular weight excluding hydrogens is 198 g/mol. The number of benzene rings is 1. The molecule has 16 heavy (non-hydrogen) atoms. The van der Waals surface area contributed by atoms with Gasteiger partial charge in [0.1, 0.15) is 5.54 Å². The van der Waals surface area contributed by atoms with E-state index in [9.17, 15) is 4.79 Å². The minimum Gasteiger partial charge on any atom is -0.359 e. The molecule has 84 valence electrons. The van der Waals surface area contributed by atoms with Gasteiger partial charge in [-0.25, -0.2) is 0 Å².